The molecular weight excluding hydrogens is 222 g/mol. The molecule has 0 spiro atoms. The highest BCUT2D eigenvalue weighted by Gasteiger charge is 2.57. The molecule has 2 nitrogen and oxygen atoms in total. The Bertz CT molecular complexity index is 395. The fourth-order valence-corrected chi connectivity index (χ4v) is 3.60. The van der Waals surface area contributed by atoms with E-state index in [1.807, 2.05) is 12.1 Å². The van der Waals surface area contributed by atoms with Crippen LogP contribution in [0.25, 0.3) is 0 Å². The van der Waals surface area contributed by atoms with E-state index < -0.39 is 0 Å². The lowest BCUT2D eigenvalue weighted by molar-refractivity contribution is -0.0582. The Hall–Kier alpha value is -0.570. The van der Waals surface area contributed by atoms with E-state index in [4.69, 9.17) is 11.6 Å². The van der Waals surface area contributed by atoms with Crippen LogP contribution in [0.15, 0.2) is 24.3 Å². The summed E-state index contributed by atoms with van der Waals surface area (Å²) < 4.78 is 0. The van der Waals surface area contributed by atoms with Crippen LogP contribution in [0.5, 0.6) is 0 Å². The number of nitrogens with one attached hydrogen (secondary N) is 1. The summed E-state index contributed by atoms with van der Waals surface area (Å²) in [7, 11) is 0. The Kier molecular flexibility index (Phi) is 2.29. The third-order valence-corrected chi connectivity index (χ3v) is 4.43. The van der Waals surface area contributed by atoms with Crippen LogP contribution in [-0.4, -0.2) is 24.8 Å². The first-order valence-electron chi connectivity index (χ1n) is 5.76. The Balaban J connectivity index is 1.88. The number of fused-ring (bicyclic) bond motifs is 2. The first-order chi connectivity index (χ1) is 7.68. The van der Waals surface area contributed by atoms with Gasteiger partial charge in [0.05, 0.1) is 0 Å². The molecule has 16 heavy (non-hydrogen) atoms. The minimum absolute atomic E-state index is 0.137. The van der Waals surface area contributed by atoms with Gasteiger partial charge in [0.2, 0.25) is 0 Å². The standard InChI is InChI=1S/C13H16ClNO/c14-11-3-1-10(2-4-11)13-5-12(6-13,9-16)7-15-8-13/h1-4,15-16H,5-9H2. The molecule has 1 aromatic rings. The van der Waals surface area contributed by atoms with Crippen molar-refractivity contribution in [3.63, 3.8) is 0 Å². The van der Waals surface area contributed by atoms with Crippen LogP contribution in [0.4, 0.5) is 0 Å². The average molecular weight is 238 g/mol. The van der Waals surface area contributed by atoms with Crippen LogP contribution in [-0.2, 0) is 5.41 Å². The van der Waals surface area contributed by atoms with Crippen LogP contribution < -0.4 is 5.32 Å². The summed E-state index contributed by atoms with van der Waals surface area (Å²) in [6, 6.07) is 8.16. The Morgan fingerprint density at radius 1 is 1.19 bits per heavy atom. The predicted molar refractivity (Wildman–Crippen MR) is 64.8 cm³/mol. The minimum atomic E-state index is 0.137. The van der Waals surface area contributed by atoms with Gasteiger partial charge in [-0.15, -0.1) is 0 Å². The van der Waals surface area contributed by atoms with Gasteiger partial charge < -0.3 is 10.4 Å². The van der Waals surface area contributed by atoms with Crippen molar-refractivity contribution in [1.29, 1.82) is 0 Å². The van der Waals surface area contributed by atoms with E-state index in [0.717, 1.165) is 31.0 Å². The smallest absolute Gasteiger partial charge is 0.0500 e. The van der Waals surface area contributed by atoms with Crippen molar-refractivity contribution in [3.05, 3.63) is 34.9 Å². The van der Waals surface area contributed by atoms with Gasteiger partial charge in [0, 0.05) is 35.5 Å². The molecule has 0 unspecified atom stereocenters. The molecule has 1 aliphatic carbocycles. The second kappa shape index (κ2) is 3.46. The zero-order valence-corrected chi connectivity index (χ0v) is 9.93. The number of aliphatic hydroxyl groups excluding tert-OH is 1. The number of piperidine rings is 2. The normalized spacial score (nSPS) is 36.9. The highest BCUT2D eigenvalue weighted by atomic mass is 35.5. The first-order valence-corrected chi connectivity index (χ1v) is 6.14. The van der Waals surface area contributed by atoms with Crippen molar-refractivity contribution >= 4 is 11.6 Å². The molecule has 2 saturated heterocycles. The summed E-state index contributed by atoms with van der Waals surface area (Å²) in [4.78, 5) is 0. The number of rotatable bonds is 2. The molecule has 3 fully saturated rings. The van der Waals surface area contributed by atoms with Crippen LogP contribution in [0.3, 0.4) is 0 Å². The van der Waals surface area contributed by atoms with Gasteiger partial charge >= 0.3 is 0 Å². The molecule has 0 amide bonds. The average Bonchev–Trinajstić information content (AvgIpc) is 2.29. The molecule has 2 N–H and O–H groups in total. The Labute approximate surface area is 101 Å². The summed E-state index contributed by atoms with van der Waals surface area (Å²) in [6.07, 6.45) is 2.20. The second-order valence-corrected chi connectivity index (χ2v) is 5.84. The first kappa shape index (κ1) is 10.6. The Morgan fingerprint density at radius 3 is 2.50 bits per heavy atom. The van der Waals surface area contributed by atoms with Gasteiger partial charge in [-0.3, -0.25) is 0 Å². The summed E-state index contributed by atoms with van der Waals surface area (Å²) in [5.74, 6) is 0. The summed E-state index contributed by atoms with van der Waals surface area (Å²) >= 11 is 5.91. The van der Waals surface area contributed by atoms with Gasteiger partial charge in [-0.25, -0.2) is 0 Å². The van der Waals surface area contributed by atoms with Gasteiger partial charge in [-0.05, 0) is 30.5 Å². The topological polar surface area (TPSA) is 32.3 Å². The SMILES string of the molecule is OCC12CNCC(c3ccc(Cl)cc3)(C1)C2. The van der Waals surface area contributed by atoms with Crippen LogP contribution in [0.2, 0.25) is 5.02 Å². The van der Waals surface area contributed by atoms with Crippen molar-refractivity contribution in [3.8, 4) is 0 Å². The molecule has 2 aliphatic heterocycles. The van der Waals surface area contributed by atoms with E-state index >= 15 is 0 Å². The van der Waals surface area contributed by atoms with Crippen molar-refractivity contribution in [2.45, 2.75) is 18.3 Å². The maximum Gasteiger partial charge on any atom is 0.0500 e. The summed E-state index contributed by atoms with van der Waals surface area (Å²) in [5, 5.41) is 13.7. The summed E-state index contributed by atoms with van der Waals surface area (Å²) in [5.41, 5.74) is 1.73. The number of aliphatic hydroxyl groups is 1. The molecule has 3 aliphatic rings. The highest BCUT2D eigenvalue weighted by molar-refractivity contribution is 6.30. The van der Waals surface area contributed by atoms with E-state index in [1.165, 1.54) is 5.56 Å². The molecular formula is C13H16ClNO. The number of halogens is 1. The lowest BCUT2D eigenvalue weighted by atomic mass is 9.48. The predicted octanol–water partition coefficient (Wildman–Crippen LogP) is 1.95. The zero-order valence-electron chi connectivity index (χ0n) is 9.17. The lowest BCUT2D eigenvalue weighted by Crippen LogP contribution is -2.65. The zero-order chi connectivity index (χ0) is 11.2. The van der Waals surface area contributed by atoms with Gasteiger partial charge in [0.1, 0.15) is 0 Å². The molecule has 0 aromatic heterocycles. The van der Waals surface area contributed by atoms with Crippen LogP contribution in [0.1, 0.15) is 18.4 Å². The van der Waals surface area contributed by atoms with E-state index in [2.05, 4.69) is 17.4 Å². The summed E-state index contributed by atoms with van der Waals surface area (Å²) in [6.45, 7) is 2.28. The van der Waals surface area contributed by atoms with Gasteiger partial charge in [0.15, 0.2) is 0 Å². The van der Waals surface area contributed by atoms with Gasteiger partial charge in [-0.2, -0.15) is 0 Å². The van der Waals surface area contributed by atoms with Crippen molar-refractivity contribution in [2.24, 2.45) is 5.41 Å². The van der Waals surface area contributed by atoms with Gasteiger partial charge in [0.25, 0.3) is 0 Å². The number of benzene rings is 1. The number of hydrogen-bond donors (Lipinski definition) is 2. The van der Waals surface area contributed by atoms with E-state index in [-0.39, 0.29) is 10.8 Å². The maximum absolute atomic E-state index is 9.43. The fourth-order valence-electron chi connectivity index (χ4n) is 3.48. The van der Waals surface area contributed by atoms with E-state index in [0.29, 0.717) is 6.61 Å². The molecule has 0 atom stereocenters. The van der Waals surface area contributed by atoms with E-state index in [1.54, 1.807) is 0 Å². The second-order valence-electron chi connectivity index (χ2n) is 5.40. The minimum Gasteiger partial charge on any atom is -0.396 e. The molecule has 86 valence electrons. The quantitative estimate of drug-likeness (QED) is 0.824. The molecule has 3 heteroatoms. The van der Waals surface area contributed by atoms with Crippen molar-refractivity contribution in [1.82, 2.24) is 5.32 Å². The molecule has 2 heterocycles. The molecule has 2 bridgehead atoms. The highest BCUT2D eigenvalue weighted by Crippen LogP contribution is 2.57. The van der Waals surface area contributed by atoms with Crippen molar-refractivity contribution < 1.29 is 5.11 Å². The molecule has 1 saturated carbocycles. The lowest BCUT2D eigenvalue weighted by Gasteiger charge is -2.60. The monoisotopic (exact) mass is 237 g/mol. The number of hydrogen-bond acceptors (Lipinski definition) is 2. The van der Waals surface area contributed by atoms with Crippen LogP contribution >= 0.6 is 11.6 Å². The Morgan fingerprint density at radius 2 is 1.88 bits per heavy atom. The third-order valence-electron chi connectivity index (χ3n) is 4.18. The van der Waals surface area contributed by atoms with Gasteiger partial charge in [-0.1, -0.05) is 23.7 Å². The van der Waals surface area contributed by atoms with Crippen molar-refractivity contribution in [2.75, 3.05) is 19.7 Å². The fraction of sp³-hybridized carbons (Fsp3) is 0.538. The van der Waals surface area contributed by atoms with Crippen LogP contribution in [0, 0.1) is 5.41 Å². The maximum atomic E-state index is 9.43. The molecule has 0 radical (unpaired) electrons. The third kappa shape index (κ3) is 1.41. The molecule has 1 aromatic carbocycles. The largest absolute Gasteiger partial charge is 0.396 e. The molecule has 4 rings (SSSR count). The van der Waals surface area contributed by atoms with E-state index in [9.17, 15) is 5.11 Å².